The fourth-order valence-electron chi connectivity index (χ4n) is 3.07. The van der Waals surface area contributed by atoms with Crippen LogP contribution in [-0.4, -0.2) is 0 Å². The summed E-state index contributed by atoms with van der Waals surface area (Å²) in [5.41, 5.74) is 3.32. The van der Waals surface area contributed by atoms with Crippen LogP contribution in [0.3, 0.4) is 0 Å². The molecular formula is C15H24. The van der Waals surface area contributed by atoms with Crippen LogP contribution in [0.5, 0.6) is 0 Å². The van der Waals surface area contributed by atoms with Crippen molar-refractivity contribution in [2.75, 3.05) is 0 Å². The van der Waals surface area contributed by atoms with Crippen molar-refractivity contribution >= 4 is 0 Å². The van der Waals surface area contributed by atoms with E-state index in [4.69, 9.17) is 0 Å². The smallest absolute Gasteiger partial charge is 0.0317 e. The molecule has 2 aliphatic rings. The molecule has 0 saturated carbocycles. The Balaban J connectivity index is 1.89. The van der Waals surface area contributed by atoms with Gasteiger partial charge in [0.1, 0.15) is 0 Å². The summed E-state index contributed by atoms with van der Waals surface area (Å²) in [6.45, 7) is 4.57. The summed E-state index contributed by atoms with van der Waals surface area (Å²) in [5.74, 6) is 1.98. The Labute approximate surface area is 94.5 Å². The Morgan fingerprint density at radius 3 is 2.20 bits per heavy atom. The molecule has 15 heavy (non-hydrogen) atoms. The average Bonchev–Trinajstić information content (AvgIpc) is 2.30. The number of rotatable bonds is 2. The van der Waals surface area contributed by atoms with Crippen LogP contribution in [0, 0.1) is 11.8 Å². The van der Waals surface area contributed by atoms with Crippen molar-refractivity contribution in [1.29, 1.82) is 0 Å². The summed E-state index contributed by atoms with van der Waals surface area (Å²) < 4.78 is 0. The lowest BCUT2D eigenvalue weighted by molar-refractivity contribution is 0.280. The molecule has 2 atom stereocenters. The first-order chi connectivity index (χ1) is 7.29. The Kier molecular flexibility index (Phi) is 3.66. The molecule has 0 aromatic heterocycles. The maximum Gasteiger partial charge on any atom is -0.0317 e. The van der Waals surface area contributed by atoms with Crippen molar-refractivity contribution in [1.82, 2.24) is 0 Å². The SMILES string of the molecule is CCC1=CCC(C2CC=C(C)CC2)CC1. The molecule has 0 aromatic rings. The van der Waals surface area contributed by atoms with Gasteiger partial charge in [-0.05, 0) is 63.7 Å². The Morgan fingerprint density at radius 2 is 1.73 bits per heavy atom. The van der Waals surface area contributed by atoms with Gasteiger partial charge < -0.3 is 0 Å². The van der Waals surface area contributed by atoms with E-state index in [-0.39, 0.29) is 0 Å². The van der Waals surface area contributed by atoms with Gasteiger partial charge in [-0.1, -0.05) is 30.2 Å². The molecule has 84 valence electrons. The fraction of sp³-hybridized carbons (Fsp3) is 0.733. The van der Waals surface area contributed by atoms with Crippen LogP contribution in [0.25, 0.3) is 0 Å². The molecule has 0 amide bonds. The van der Waals surface area contributed by atoms with E-state index in [9.17, 15) is 0 Å². The number of hydrogen-bond donors (Lipinski definition) is 0. The summed E-state index contributed by atoms with van der Waals surface area (Å²) in [6, 6.07) is 0. The van der Waals surface area contributed by atoms with Crippen LogP contribution in [0.2, 0.25) is 0 Å². The van der Waals surface area contributed by atoms with Gasteiger partial charge in [0.25, 0.3) is 0 Å². The molecule has 2 unspecified atom stereocenters. The molecule has 0 saturated heterocycles. The minimum Gasteiger partial charge on any atom is -0.0853 e. The third-order valence-corrected chi connectivity index (χ3v) is 4.34. The van der Waals surface area contributed by atoms with Crippen molar-refractivity contribution in [3.05, 3.63) is 23.3 Å². The van der Waals surface area contributed by atoms with Crippen LogP contribution in [0.15, 0.2) is 23.3 Å². The van der Waals surface area contributed by atoms with E-state index in [1.807, 2.05) is 0 Å². The minimum atomic E-state index is 0.989. The molecule has 0 radical (unpaired) electrons. The molecule has 0 heteroatoms. The lowest BCUT2D eigenvalue weighted by Crippen LogP contribution is -2.19. The van der Waals surface area contributed by atoms with E-state index in [2.05, 4.69) is 26.0 Å². The van der Waals surface area contributed by atoms with E-state index >= 15 is 0 Å². The minimum absolute atomic E-state index is 0.989. The topological polar surface area (TPSA) is 0 Å². The maximum atomic E-state index is 2.53. The second kappa shape index (κ2) is 5.01. The van der Waals surface area contributed by atoms with Gasteiger partial charge in [-0.25, -0.2) is 0 Å². The predicted octanol–water partition coefficient (Wildman–Crippen LogP) is 4.87. The first kappa shape index (κ1) is 11.0. The van der Waals surface area contributed by atoms with Crippen molar-refractivity contribution in [3.63, 3.8) is 0 Å². The van der Waals surface area contributed by atoms with Gasteiger partial charge in [-0.3, -0.25) is 0 Å². The summed E-state index contributed by atoms with van der Waals surface area (Å²) >= 11 is 0. The lowest BCUT2D eigenvalue weighted by atomic mass is 9.74. The third-order valence-electron chi connectivity index (χ3n) is 4.34. The molecule has 0 heterocycles. The van der Waals surface area contributed by atoms with E-state index in [1.165, 1.54) is 44.9 Å². The first-order valence-corrected chi connectivity index (χ1v) is 6.63. The second-order valence-electron chi connectivity index (χ2n) is 5.34. The number of hydrogen-bond acceptors (Lipinski definition) is 0. The van der Waals surface area contributed by atoms with Gasteiger partial charge in [0.15, 0.2) is 0 Å². The quantitative estimate of drug-likeness (QED) is 0.563. The standard InChI is InChI=1S/C15H24/c1-3-13-6-10-15(11-7-13)14-8-4-12(2)5-9-14/h4,6,14-15H,3,5,7-11H2,1-2H3. The molecule has 2 aliphatic carbocycles. The van der Waals surface area contributed by atoms with Crippen molar-refractivity contribution in [2.45, 2.75) is 58.8 Å². The molecular weight excluding hydrogens is 180 g/mol. The summed E-state index contributed by atoms with van der Waals surface area (Å²) in [4.78, 5) is 0. The molecule has 0 aliphatic heterocycles. The highest BCUT2D eigenvalue weighted by Gasteiger charge is 2.24. The Hall–Kier alpha value is -0.520. The van der Waals surface area contributed by atoms with Gasteiger partial charge in [0, 0.05) is 0 Å². The summed E-state index contributed by atoms with van der Waals surface area (Å²) in [7, 11) is 0. The van der Waals surface area contributed by atoms with Crippen molar-refractivity contribution in [2.24, 2.45) is 11.8 Å². The van der Waals surface area contributed by atoms with Gasteiger partial charge in [-0.2, -0.15) is 0 Å². The van der Waals surface area contributed by atoms with Crippen molar-refractivity contribution in [3.8, 4) is 0 Å². The fourth-order valence-corrected chi connectivity index (χ4v) is 3.07. The molecule has 0 N–H and O–H groups in total. The number of allylic oxidation sites excluding steroid dienone is 4. The van der Waals surface area contributed by atoms with Gasteiger partial charge in [0.05, 0.1) is 0 Å². The summed E-state index contributed by atoms with van der Waals surface area (Å²) in [5, 5.41) is 0. The summed E-state index contributed by atoms with van der Waals surface area (Å²) in [6.07, 6.45) is 14.6. The van der Waals surface area contributed by atoms with Gasteiger partial charge in [-0.15, -0.1) is 0 Å². The molecule has 2 rings (SSSR count). The van der Waals surface area contributed by atoms with E-state index in [0.29, 0.717) is 0 Å². The van der Waals surface area contributed by atoms with Crippen LogP contribution in [0.4, 0.5) is 0 Å². The van der Waals surface area contributed by atoms with Crippen LogP contribution in [-0.2, 0) is 0 Å². The van der Waals surface area contributed by atoms with E-state index in [1.54, 1.807) is 11.1 Å². The molecule has 0 nitrogen and oxygen atoms in total. The van der Waals surface area contributed by atoms with Crippen molar-refractivity contribution < 1.29 is 0 Å². The van der Waals surface area contributed by atoms with E-state index < -0.39 is 0 Å². The highest BCUT2D eigenvalue weighted by molar-refractivity contribution is 5.09. The average molecular weight is 204 g/mol. The predicted molar refractivity (Wildman–Crippen MR) is 66.8 cm³/mol. The van der Waals surface area contributed by atoms with Crippen LogP contribution >= 0.6 is 0 Å². The molecule has 0 bridgehead atoms. The van der Waals surface area contributed by atoms with E-state index in [0.717, 1.165) is 11.8 Å². The largest absolute Gasteiger partial charge is 0.0853 e. The van der Waals surface area contributed by atoms with Gasteiger partial charge >= 0.3 is 0 Å². The normalized spacial score (nSPS) is 32.1. The monoisotopic (exact) mass is 204 g/mol. The zero-order valence-electron chi connectivity index (χ0n) is 10.3. The zero-order valence-corrected chi connectivity index (χ0v) is 10.3. The highest BCUT2D eigenvalue weighted by Crippen LogP contribution is 2.37. The highest BCUT2D eigenvalue weighted by atomic mass is 14.3. The van der Waals surface area contributed by atoms with Gasteiger partial charge in [0.2, 0.25) is 0 Å². The second-order valence-corrected chi connectivity index (χ2v) is 5.34. The maximum absolute atomic E-state index is 2.53. The van der Waals surface area contributed by atoms with Crippen LogP contribution < -0.4 is 0 Å². The third kappa shape index (κ3) is 2.74. The Bertz CT molecular complexity index is 270. The molecule has 0 fully saturated rings. The lowest BCUT2D eigenvalue weighted by Gasteiger charge is -2.31. The molecule has 0 spiro atoms. The Morgan fingerprint density at radius 1 is 1.07 bits per heavy atom. The van der Waals surface area contributed by atoms with Crippen LogP contribution in [0.1, 0.15) is 58.8 Å². The molecule has 0 aromatic carbocycles. The first-order valence-electron chi connectivity index (χ1n) is 6.63. The zero-order chi connectivity index (χ0) is 10.7.